The number of pyridine rings is 3. The van der Waals surface area contributed by atoms with Gasteiger partial charge in [-0.25, -0.2) is 4.98 Å². The third-order valence-electron chi connectivity index (χ3n) is 6.97. The summed E-state index contributed by atoms with van der Waals surface area (Å²) in [6.45, 7) is 0. The van der Waals surface area contributed by atoms with E-state index in [9.17, 15) is 0 Å². The van der Waals surface area contributed by atoms with E-state index in [0.29, 0.717) is 0 Å². The van der Waals surface area contributed by atoms with E-state index in [-0.39, 0.29) is 0 Å². The van der Waals surface area contributed by atoms with Gasteiger partial charge in [0.25, 0.3) is 0 Å². The predicted molar refractivity (Wildman–Crippen MR) is 122 cm³/mol. The van der Waals surface area contributed by atoms with Crippen LogP contribution < -0.4 is 0 Å². The second-order valence-electron chi connectivity index (χ2n) is 8.56. The van der Waals surface area contributed by atoms with Crippen LogP contribution in [-0.2, 0) is 12.8 Å². The summed E-state index contributed by atoms with van der Waals surface area (Å²) in [5.74, 6) is 0. The lowest BCUT2D eigenvalue weighted by Crippen LogP contribution is -1.96. The quantitative estimate of drug-likeness (QED) is 0.315. The van der Waals surface area contributed by atoms with Crippen molar-refractivity contribution in [1.82, 2.24) is 19.4 Å². The molecule has 0 aliphatic heterocycles. The van der Waals surface area contributed by atoms with E-state index >= 15 is 0 Å². The Labute approximate surface area is 177 Å². The number of aromatic nitrogens is 4. The highest BCUT2D eigenvalue weighted by molar-refractivity contribution is 6.12. The minimum Gasteiger partial charge on any atom is -0.290 e. The van der Waals surface area contributed by atoms with E-state index in [1.807, 2.05) is 24.8 Å². The van der Waals surface area contributed by atoms with Gasteiger partial charge in [-0.15, -0.1) is 0 Å². The van der Waals surface area contributed by atoms with Gasteiger partial charge in [-0.1, -0.05) is 30.3 Å². The maximum absolute atomic E-state index is 5.13. The van der Waals surface area contributed by atoms with Crippen molar-refractivity contribution in [3.05, 3.63) is 95.7 Å². The number of hydrogen-bond donors (Lipinski definition) is 0. The number of imidazole rings is 1. The molecule has 0 N–H and O–H groups in total. The average molecular weight is 396 g/mol. The lowest BCUT2D eigenvalue weighted by atomic mass is 9.99. The van der Waals surface area contributed by atoms with Crippen LogP contribution in [0.25, 0.3) is 49.7 Å². The third-order valence-corrected chi connectivity index (χ3v) is 6.97. The Kier molecular flexibility index (Phi) is 2.72. The molecule has 4 nitrogen and oxygen atoms in total. The summed E-state index contributed by atoms with van der Waals surface area (Å²) < 4.78 is 2.31. The Morgan fingerprint density at radius 3 is 2.48 bits per heavy atom. The van der Waals surface area contributed by atoms with Gasteiger partial charge >= 0.3 is 0 Å². The average Bonchev–Trinajstić information content (AvgIpc) is 3.47. The zero-order valence-corrected chi connectivity index (χ0v) is 16.6. The maximum Gasteiger partial charge on any atom is 0.147 e. The van der Waals surface area contributed by atoms with Crippen molar-refractivity contribution >= 4 is 27.3 Å². The Hall–Kier alpha value is -4.05. The SMILES string of the molecule is c1ccc2c(c1)Cc1cc3c(cc1-2)-c1c(nc2c4cnccc4c4ccncc4n12)C3. The van der Waals surface area contributed by atoms with Crippen LogP contribution in [0.4, 0.5) is 0 Å². The first-order chi connectivity index (χ1) is 15.4. The van der Waals surface area contributed by atoms with Crippen LogP contribution in [0.2, 0.25) is 0 Å². The van der Waals surface area contributed by atoms with Gasteiger partial charge in [0.15, 0.2) is 0 Å². The third kappa shape index (κ3) is 1.88. The highest BCUT2D eigenvalue weighted by Crippen LogP contribution is 2.46. The molecule has 0 unspecified atom stereocenters. The smallest absolute Gasteiger partial charge is 0.147 e. The molecule has 144 valence electrons. The summed E-state index contributed by atoms with van der Waals surface area (Å²) in [5.41, 5.74) is 12.7. The largest absolute Gasteiger partial charge is 0.290 e. The highest BCUT2D eigenvalue weighted by Gasteiger charge is 2.29. The zero-order valence-electron chi connectivity index (χ0n) is 16.6. The summed E-state index contributed by atoms with van der Waals surface area (Å²) in [7, 11) is 0. The second-order valence-corrected chi connectivity index (χ2v) is 8.56. The first-order valence-electron chi connectivity index (χ1n) is 10.6. The van der Waals surface area contributed by atoms with Crippen molar-refractivity contribution < 1.29 is 0 Å². The molecule has 0 saturated carbocycles. The van der Waals surface area contributed by atoms with Crippen molar-refractivity contribution in [3.63, 3.8) is 0 Å². The Bertz CT molecular complexity index is 1740. The van der Waals surface area contributed by atoms with E-state index in [2.05, 4.69) is 62.9 Å². The van der Waals surface area contributed by atoms with Gasteiger partial charge in [-0.2, -0.15) is 0 Å². The first-order valence-corrected chi connectivity index (χ1v) is 10.6. The lowest BCUT2D eigenvalue weighted by Gasteiger charge is -2.11. The van der Waals surface area contributed by atoms with E-state index in [0.717, 1.165) is 35.1 Å². The lowest BCUT2D eigenvalue weighted by molar-refractivity contribution is 1.15. The first kappa shape index (κ1) is 15.7. The standard InChI is InChI=1S/C27H16N4/c1-2-4-18-15(3-1)9-16-10-17-11-24-26(22(17)12-21(16)18)31-25-14-29-8-6-20(25)19-5-7-28-13-23(19)27(31)30-24/h1-8,10,12-14H,9,11H2. The van der Waals surface area contributed by atoms with Gasteiger partial charge in [0.1, 0.15) is 5.65 Å². The molecule has 31 heavy (non-hydrogen) atoms. The highest BCUT2D eigenvalue weighted by atomic mass is 15.0. The summed E-state index contributed by atoms with van der Waals surface area (Å²) in [6.07, 6.45) is 9.51. The van der Waals surface area contributed by atoms with Gasteiger partial charge in [0.05, 0.1) is 23.1 Å². The van der Waals surface area contributed by atoms with E-state index in [1.165, 1.54) is 49.8 Å². The summed E-state index contributed by atoms with van der Waals surface area (Å²) >= 11 is 0. The number of fused-ring (bicyclic) bond motifs is 13. The Balaban J connectivity index is 1.52. The molecule has 0 bridgehead atoms. The van der Waals surface area contributed by atoms with Crippen LogP contribution in [0.1, 0.15) is 22.4 Å². The Morgan fingerprint density at radius 1 is 0.677 bits per heavy atom. The molecular formula is C27H16N4. The van der Waals surface area contributed by atoms with Crippen molar-refractivity contribution in [2.24, 2.45) is 0 Å². The molecule has 0 amide bonds. The molecular weight excluding hydrogens is 380 g/mol. The van der Waals surface area contributed by atoms with Crippen LogP contribution in [-0.4, -0.2) is 19.4 Å². The molecule has 8 rings (SSSR count). The van der Waals surface area contributed by atoms with Crippen LogP contribution in [0.5, 0.6) is 0 Å². The molecule has 2 aliphatic rings. The minimum absolute atomic E-state index is 0.874. The molecule has 0 radical (unpaired) electrons. The molecule has 2 aromatic carbocycles. The van der Waals surface area contributed by atoms with Crippen LogP contribution in [0.15, 0.2) is 73.3 Å². The summed E-state index contributed by atoms with van der Waals surface area (Å²) in [6, 6.07) is 17.7. The fraction of sp³-hybridized carbons (Fsp3) is 0.0741. The molecule has 0 atom stereocenters. The van der Waals surface area contributed by atoms with Crippen molar-refractivity contribution in [1.29, 1.82) is 0 Å². The van der Waals surface area contributed by atoms with Crippen molar-refractivity contribution in [2.45, 2.75) is 12.8 Å². The fourth-order valence-corrected chi connectivity index (χ4v) is 5.66. The minimum atomic E-state index is 0.874. The molecule has 4 heteroatoms. The Morgan fingerprint density at radius 2 is 1.52 bits per heavy atom. The van der Waals surface area contributed by atoms with Gasteiger partial charge in [0, 0.05) is 41.3 Å². The maximum atomic E-state index is 5.13. The number of benzene rings is 2. The van der Waals surface area contributed by atoms with Crippen molar-refractivity contribution in [3.8, 4) is 22.4 Å². The van der Waals surface area contributed by atoms with Crippen LogP contribution in [0.3, 0.4) is 0 Å². The zero-order chi connectivity index (χ0) is 20.1. The van der Waals surface area contributed by atoms with E-state index in [1.54, 1.807) is 0 Å². The second kappa shape index (κ2) is 5.35. The summed E-state index contributed by atoms with van der Waals surface area (Å²) in [4.78, 5) is 14.0. The molecule has 0 saturated heterocycles. The predicted octanol–water partition coefficient (Wildman–Crippen LogP) is 5.57. The van der Waals surface area contributed by atoms with Gasteiger partial charge in [-0.3, -0.25) is 14.4 Å². The van der Waals surface area contributed by atoms with Gasteiger partial charge in [-0.05, 0) is 57.8 Å². The molecule has 0 fully saturated rings. The number of rotatable bonds is 0. The summed E-state index contributed by atoms with van der Waals surface area (Å²) in [5, 5.41) is 3.44. The van der Waals surface area contributed by atoms with Gasteiger partial charge in [0.2, 0.25) is 0 Å². The van der Waals surface area contributed by atoms with Crippen LogP contribution in [0, 0.1) is 0 Å². The topological polar surface area (TPSA) is 43.1 Å². The molecule has 4 aromatic heterocycles. The molecule has 2 aliphatic carbocycles. The molecule has 6 aromatic rings. The van der Waals surface area contributed by atoms with Crippen molar-refractivity contribution in [2.75, 3.05) is 0 Å². The fourth-order valence-electron chi connectivity index (χ4n) is 5.66. The van der Waals surface area contributed by atoms with E-state index in [4.69, 9.17) is 4.98 Å². The normalized spacial score (nSPS) is 13.5. The monoisotopic (exact) mass is 396 g/mol. The molecule has 0 spiro atoms. The number of nitrogens with zero attached hydrogens (tertiary/aromatic N) is 4. The van der Waals surface area contributed by atoms with Crippen LogP contribution >= 0.6 is 0 Å². The van der Waals surface area contributed by atoms with E-state index < -0.39 is 0 Å². The van der Waals surface area contributed by atoms with Gasteiger partial charge < -0.3 is 0 Å². The molecule has 4 heterocycles. The number of hydrogen-bond acceptors (Lipinski definition) is 3.